The lowest BCUT2D eigenvalue weighted by atomic mass is 10.1. The predicted octanol–water partition coefficient (Wildman–Crippen LogP) is 0.822. The molecule has 4 heteroatoms. The van der Waals surface area contributed by atoms with Gasteiger partial charge in [-0.2, -0.15) is 5.10 Å². The third kappa shape index (κ3) is 2.01. The van der Waals surface area contributed by atoms with Crippen LogP contribution in [0, 0.1) is 0 Å². The third-order valence-corrected chi connectivity index (χ3v) is 2.42. The maximum absolute atomic E-state index is 5.30. The van der Waals surface area contributed by atoms with E-state index in [1.807, 2.05) is 18.9 Å². The van der Waals surface area contributed by atoms with Gasteiger partial charge in [-0.25, -0.2) is 0 Å². The average molecular weight is 182 g/mol. The van der Waals surface area contributed by atoms with Crippen LogP contribution in [0.2, 0.25) is 0 Å². The van der Waals surface area contributed by atoms with E-state index in [4.69, 9.17) is 5.84 Å². The van der Waals surface area contributed by atoms with Crippen LogP contribution in [0.5, 0.6) is 0 Å². The summed E-state index contributed by atoms with van der Waals surface area (Å²) < 4.78 is 0. The van der Waals surface area contributed by atoms with Gasteiger partial charge in [-0.15, -0.1) is 0 Å². The number of nitrogens with zero attached hydrogens (tertiary/aromatic N) is 2. The molecule has 1 aliphatic heterocycles. The normalized spacial score (nSPS) is 24.2. The van der Waals surface area contributed by atoms with E-state index < -0.39 is 0 Å². The summed E-state index contributed by atoms with van der Waals surface area (Å²) in [6.45, 7) is 10.1. The zero-order chi connectivity index (χ0) is 10.0. The second kappa shape index (κ2) is 3.79. The van der Waals surface area contributed by atoms with Crippen molar-refractivity contribution >= 4 is 5.71 Å². The van der Waals surface area contributed by atoms with E-state index in [2.05, 4.69) is 24.0 Å². The molecule has 0 amide bonds. The molecule has 0 radical (unpaired) electrons. The van der Waals surface area contributed by atoms with Crippen LogP contribution in [-0.2, 0) is 0 Å². The summed E-state index contributed by atoms with van der Waals surface area (Å²) in [6.07, 6.45) is 1.03. The minimum absolute atomic E-state index is 0.150. The fourth-order valence-corrected chi connectivity index (χ4v) is 1.61. The standard InChI is InChI=1S/C9H18N4/c1-6-5-7(2)13(12-6)9(4)8(3)11-10/h7,9,11H,3,5,10H2,1-2,4H3. The van der Waals surface area contributed by atoms with E-state index in [-0.39, 0.29) is 6.04 Å². The van der Waals surface area contributed by atoms with Crippen molar-refractivity contribution in [2.75, 3.05) is 0 Å². The fraction of sp³-hybridized carbons (Fsp3) is 0.667. The van der Waals surface area contributed by atoms with E-state index in [0.717, 1.165) is 12.1 Å². The number of hydrazine groups is 1. The zero-order valence-electron chi connectivity index (χ0n) is 8.54. The van der Waals surface area contributed by atoms with Crippen LogP contribution in [0.3, 0.4) is 0 Å². The number of nitrogens with two attached hydrogens (primary N) is 1. The van der Waals surface area contributed by atoms with Crippen molar-refractivity contribution < 1.29 is 0 Å². The SMILES string of the molecule is C=C(NN)C(C)N1N=C(C)CC1C. The molecule has 0 spiro atoms. The molecule has 74 valence electrons. The van der Waals surface area contributed by atoms with Crippen molar-refractivity contribution in [3.05, 3.63) is 12.3 Å². The van der Waals surface area contributed by atoms with Gasteiger partial charge in [-0.05, 0) is 20.8 Å². The quantitative estimate of drug-likeness (QED) is 0.502. The van der Waals surface area contributed by atoms with Crippen LogP contribution in [0.25, 0.3) is 0 Å². The first-order chi connectivity index (χ1) is 6.06. The monoisotopic (exact) mass is 182 g/mol. The predicted molar refractivity (Wildman–Crippen MR) is 55.0 cm³/mol. The van der Waals surface area contributed by atoms with Gasteiger partial charge in [0.15, 0.2) is 0 Å². The molecule has 2 atom stereocenters. The van der Waals surface area contributed by atoms with Gasteiger partial charge in [-0.1, -0.05) is 6.58 Å². The van der Waals surface area contributed by atoms with Crippen molar-refractivity contribution in [1.82, 2.24) is 10.4 Å². The van der Waals surface area contributed by atoms with Crippen molar-refractivity contribution in [2.24, 2.45) is 10.9 Å². The van der Waals surface area contributed by atoms with Crippen LogP contribution < -0.4 is 11.3 Å². The first-order valence-corrected chi connectivity index (χ1v) is 4.54. The molecule has 2 unspecified atom stereocenters. The molecule has 3 N–H and O–H groups in total. The number of hydrogen-bond acceptors (Lipinski definition) is 4. The highest BCUT2D eigenvalue weighted by Gasteiger charge is 2.25. The Bertz CT molecular complexity index is 234. The van der Waals surface area contributed by atoms with Gasteiger partial charge in [0.05, 0.1) is 12.1 Å². The highest BCUT2D eigenvalue weighted by Crippen LogP contribution is 2.19. The zero-order valence-corrected chi connectivity index (χ0v) is 8.54. The molecule has 1 aliphatic rings. The Kier molecular flexibility index (Phi) is 2.93. The Labute approximate surface area is 79.4 Å². The maximum Gasteiger partial charge on any atom is 0.0848 e. The minimum atomic E-state index is 0.150. The van der Waals surface area contributed by atoms with E-state index in [0.29, 0.717) is 6.04 Å². The topological polar surface area (TPSA) is 53.6 Å². The van der Waals surface area contributed by atoms with Crippen LogP contribution in [0.15, 0.2) is 17.4 Å². The van der Waals surface area contributed by atoms with Crippen molar-refractivity contribution in [1.29, 1.82) is 0 Å². The van der Waals surface area contributed by atoms with Gasteiger partial charge in [-0.3, -0.25) is 10.9 Å². The minimum Gasteiger partial charge on any atom is -0.327 e. The van der Waals surface area contributed by atoms with E-state index in [9.17, 15) is 0 Å². The largest absolute Gasteiger partial charge is 0.327 e. The number of nitrogens with one attached hydrogen (secondary N) is 1. The molecule has 0 aliphatic carbocycles. The molecule has 4 nitrogen and oxygen atoms in total. The molecule has 1 rings (SSSR count). The number of hydrogen-bond donors (Lipinski definition) is 2. The van der Waals surface area contributed by atoms with Gasteiger partial charge < -0.3 is 5.43 Å². The lowest BCUT2D eigenvalue weighted by Gasteiger charge is -2.28. The molecule has 0 bridgehead atoms. The highest BCUT2D eigenvalue weighted by molar-refractivity contribution is 5.83. The van der Waals surface area contributed by atoms with E-state index in [1.54, 1.807) is 0 Å². The Morgan fingerprint density at radius 1 is 1.85 bits per heavy atom. The molecule has 13 heavy (non-hydrogen) atoms. The smallest absolute Gasteiger partial charge is 0.0848 e. The Morgan fingerprint density at radius 2 is 2.46 bits per heavy atom. The summed E-state index contributed by atoms with van der Waals surface area (Å²) in [5.41, 5.74) is 4.54. The number of rotatable bonds is 3. The van der Waals surface area contributed by atoms with Crippen LogP contribution in [0.1, 0.15) is 27.2 Å². The first-order valence-electron chi connectivity index (χ1n) is 4.54. The molecule has 0 aromatic carbocycles. The molecular weight excluding hydrogens is 164 g/mol. The van der Waals surface area contributed by atoms with Crippen molar-refractivity contribution in [3.63, 3.8) is 0 Å². The van der Waals surface area contributed by atoms with Gasteiger partial charge >= 0.3 is 0 Å². The highest BCUT2D eigenvalue weighted by atomic mass is 15.5. The average Bonchev–Trinajstić information content (AvgIpc) is 2.42. The Balaban J connectivity index is 2.66. The molecule has 0 aromatic heterocycles. The summed E-state index contributed by atoms with van der Waals surface area (Å²) in [6, 6.07) is 0.595. The molecular formula is C9H18N4. The van der Waals surface area contributed by atoms with Gasteiger partial charge in [0, 0.05) is 17.8 Å². The van der Waals surface area contributed by atoms with E-state index in [1.165, 1.54) is 5.71 Å². The molecule has 0 saturated carbocycles. The molecule has 1 heterocycles. The molecule has 0 fully saturated rings. The van der Waals surface area contributed by atoms with E-state index >= 15 is 0 Å². The summed E-state index contributed by atoms with van der Waals surface area (Å²) >= 11 is 0. The summed E-state index contributed by atoms with van der Waals surface area (Å²) in [5, 5.41) is 6.47. The van der Waals surface area contributed by atoms with Gasteiger partial charge in [0.1, 0.15) is 0 Å². The second-order valence-corrected chi connectivity index (χ2v) is 3.61. The van der Waals surface area contributed by atoms with Crippen LogP contribution >= 0.6 is 0 Å². The van der Waals surface area contributed by atoms with Crippen molar-refractivity contribution in [2.45, 2.75) is 39.3 Å². The van der Waals surface area contributed by atoms with Crippen LogP contribution in [-0.4, -0.2) is 22.8 Å². The molecule has 0 saturated heterocycles. The number of hydrazone groups is 1. The third-order valence-electron chi connectivity index (χ3n) is 2.42. The summed E-state index contributed by atoms with van der Waals surface area (Å²) in [7, 11) is 0. The Morgan fingerprint density at radius 3 is 2.85 bits per heavy atom. The maximum atomic E-state index is 5.30. The van der Waals surface area contributed by atoms with Gasteiger partial charge in [0.25, 0.3) is 0 Å². The van der Waals surface area contributed by atoms with Gasteiger partial charge in [0.2, 0.25) is 0 Å². The summed E-state index contributed by atoms with van der Waals surface area (Å²) in [4.78, 5) is 0. The second-order valence-electron chi connectivity index (χ2n) is 3.61. The van der Waals surface area contributed by atoms with Crippen LogP contribution in [0.4, 0.5) is 0 Å². The van der Waals surface area contributed by atoms with Crippen molar-refractivity contribution in [3.8, 4) is 0 Å². The first kappa shape index (κ1) is 10.1. The lowest BCUT2D eigenvalue weighted by Crippen LogP contribution is -2.39. The molecule has 0 aromatic rings. The lowest BCUT2D eigenvalue weighted by molar-refractivity contribution is 0.200. The summed E-state index contributed by atoms with van der Waals surface area (Å²) in [5.74, 6) is 5.30. The Hall–Kier alpha value is -1.03. The fourth-order valence-electron chi connectivity index (χ4n) is 1.61.